The molecule has 0 spiro atoms. The maximum atomic E-state index is 12.9. The summed E-state index contributed by atoms with van der Waals surface area (Å²) in [5.41, 5.74) is 5.87. The SMILES string of the molecule is N=CC(NC(=O)c1nc2ccc3[nH]ncc3c2c2c1CCCC2)=C(N)C(F)(F)F. The van der Waals surface area contributed by atoms with Gasteiger partial charge in [-0.15, -0.1) is 0 Å². The summed E-state index contributed by atoms with van der Waals surface area (Å²) in [6.07, 6.45) is 0.332. The number of rotatable bonds is 3. The molecule has 3 aromatic rings. The topological polar surface area (TPSA) is 121 Å². The normalized spacial score (nSPS) is 15.1. The molecular formula is C19H17F3N6O. The molecule has 0 bridgehead atoms. The first-order valence-corrected chi connectivity index (χ1v) is 8.97. The summed E-state index contributed by atoms with van der Waals surface area (Å²) in [5.74, 6) is -0.817. The van der Waals surface area contributed by atoms with Crippen molar-refractivity contribution in [1.82, 2.24) is 20.5 Å². The molecule has 2 heterocycles. The standard InChI is InChI=1S/C19H17F3N6O/c20-19(21,22)17(24)14(7-23)27-18(29)16-10-4-2-1-3-9(10)15-11-8-25-28-12(11)5-6-13(15)26-16/h5-8,23H,1-4,24H2,(H,25,28)(H,27,29). The molecule has 1 amide bonds. The largest absolute Gasteiger partial charge is 0.432 e. The van der Waals surface area contributed by atoms with Crippen molar-refractivity contribution in [3.05, 3.63) is 46.5 Å². The fourth-order valence-corrected chi connectivity index (χ4v) is 3.75. The lowest BCUT2D eigenvalue weighted by atomic mass is 9.87. The van der Waals surface area contributed by atoms with Crippen LogP contribution >= 0.6 is 0 Å². The number of nitrogens with two attached hydrogens (primary N) is 1. The van der Waals surface area contributed by atoms with Gasteiger partial charge >= 0.3 is 6.18 Å². The number of fused-ring (bicyclic) bond motifs is 5. The molecule has 0 radical (unpaired) electrons. The molecule has 150 valence electrons. The van der Waals surface area contributed by atoms with Crippen molar-refractivity contribution in [3.8, 4) is 0 Å². The average Bonchev–Trinajstić information content (AvgIpc) is 3.18. The van der Waals surface area contributed by atoms with Gasteiger partial charge in [-0.1, -0.05) is 0 Å². The second-order valence-corrected chi connectivity index (χ2v) is 6.84. The van der Waals surface area contributed by atoms with E-state index in [4.69, 9.17) is 11.1 Å². The summed E-state index contributed by atoms with van der Waals surface area (Å²) in [6.45, 7) is 0. The zero-order chi connectivity index (χ0) is 20.8. The van der Waals surface area contributed by atoms with E-state index in [2.05, 4.69) is 20.5 Å². The number of nitrogens with zero attached hydrogens (tertiary/aromatic N) is 2. The number of nitrogens with one attached hydrogen (secondary N) is 3. The minimum Gasteiger partial charge on any atom is -0.393 e. The summed E-state index contributed by atoms with van der Waals surface area (Å²) in [7, 11) is 0. The van der Waals surface area contributed by atoms with E-state index in [1.165, 1.54) is 0 Å². The predicted octanol–water partition coefficient (Wildman–Crippen LogP) is 3.10. The summed E-state index contributed by atoms with van der Waals surface area (Å²) in [4.78, 5) is 17.3. The average molecular weight is 402 g/mol. The lowest BCUT2D eigenvalue weighted by Crippen LogP contribution is -2.33. The molecule has 1 aromatic carbocycles. The molecule has 0 fully saturated rings. The van der Waals surface area contributed by atoms with Gasteiger partial charge in [0, 0.05) is 17.0 Å². The van der Waals surface area contributed by atoms with Crippen LogP contribution in [0.5, 0.6) is 0 Å². The number of allylic oxidation sites excluding steroid dienone is 2. The number of aromatic nitrogens is 3. The molecular weight excluding hydrogens is 385 g/mol. The van der Waals surface area contributed by atoms with Crippen LogP contribution in [0.3, 0.4) is 0 Å². The molecule has 0 aliphatic heterocycles. The van der Waals surface area contributed by atoms with Crippen LogP contribution in [0.1, 0.15) is 34.5 Å². The third kappa shape index (κ3) is 3.20. The van der Waals surface area contributed by atoms with E-state index < -0.39 is 23.5 Å². The van der Waals surface area contributed by atoms with Crippen molar-refractivity contribution in [1.29, 1.82) is 5.41 Å². The number of hydrogen-bond acceptors (Lipinski definition) is 5. The number of hydrogen-bond donors (Lipinski definition) is 4. The van der Waals surface area contributed by atoms with E-state index in [9.17, 15) is 18.0 Å². The third-order valence-corrected chi connectivity index (χ3v) is 5.09. The Labute approximate surface area is 162 Å². The summed E-state index contributed by atoms with van der Waals surface area (Å²) in [5, 5.41) is 18.1. The first-order valence-electron chi connectivity index (χ1n) is 8.97. The number of carbonyl (C=O) groups excluding carboxylic acids is 1. The van der Waals surface area contributed by atoms with Crippen LogP contribution in [0, 0.1) is 5.41 Å². The van der Waals surface area contributed by atoms with E-state index >= 15 is 0 Å². The highest BCUT2D eigenvalue weighted by Gasteiger charge is 2.35. The van der Waals surface area contributed by atoms with Crippen LogP contribution in [0.15, 0.2) is 29.7 Å². The van der Waals surface area contributed by atoms with Gasteiger partial charge in [-0.3, -0.25) is 9.89 Å². The molecule has 0 saturated carbocycles. The van der Waals surface area contributed by atoms with Crippen LogP contribution in [-0.2, 0) is 12.8 Å². The Kier molecular flexibility index (Phi) is 4.48. The third-order valence-electron chi connectivity index (χ3n) is 5.09. The Morgan fingerprint density at radius 2 is 1.97 bits per heavy atom. The number of alkyl halides is 3. The minimum absolute atomic E-state index is 0.0596. The second-order valence-electron chi connectivity index (χ2n) is 6.84. The predicted molar refractivity (Wildman–Crippen MR) is 102 cm³/mol. The van der Waals surface area contributed by atoms with Gasteiger partial charge in [-0.2, -0.15) is 18.3 Å². The Morgan fingerprint density at radius 3 is 2.66 bits per heavy atom. The number of amides is 1. The Morgan fingerprint density at radius 1 is 1.24 bits per heavy atom. The number of H-pyrrole nitrogens is 1. The van der Waals surface area contributed by atoms with Crippen molar-refractivity contribution in [2.24, 2.45) is 5.73 Å². The molecule has 0 atom stereocenters. The number of halogens is 3. The Hall–Kier alpha value is -3.43. The van der Waals surface area contributed by atoms with E-state index in [-0.39, 0.29) is 5.69 Å². The van der Waals surface area contributed by atoms with Crippen LogP contribution in [0.2, 0.25) is 0 Å². The van der Waals surface area contributed by atoms with Gasteiger partial charge in [0.2, 0.25) is 0 Å². The number of benzene rings is 1. The fourth-order valence-electron chi connectivity index (χ4n) is 3.75. The lowest BCUT2D eigenvalue weighted by Gasteiger charge is -2.21. The van der Waals surface area contributed by atoms with Gasteiger partial charge in [-0.25, -0.2) is 4.98 Å². The van der Waals surface area contributed by atoms with Gasteiger partial charge in [-0.05, 0) is 48.9 Å². The van der Waals surface area contributed by atoms with Crippen LogP contribution in [-0.4, -0.2) is 33.5 Å². The molecule has 0 unspecified atom stereocenters. The molecule has 29 heavy (non-hydrogen) atoms. The van der Waals surface area contributed by atoms with E-state index in [1.807, 2.05) is 0 Å². The molecule has 10 heteroatoms. The van der Waals surface area contributed by atoms with Gasteiger partial charge in [0.1, 0.15) is 11.4 Å². The highest BCUT2D eigenvalue weighted by atomic mass is 19.4. The molecule has 0 saturated heterocycles. The Balaban J connectivity index is 1.87. The van der Waals surface area contributed by atoms with Crippen LogP contribution in [0.4, 0.5) is 13.2 Å². The number of pyridine rings is 1. The van der Waals surface area contributed by atoms with Gasteiger partial charge < -0.3 is 16.5 Å². The quantitative estimate of drug-likeness (QED) is 0.503. The first kappa shape index (κ1) is 18.9. The van der Waals surface area contributed by atoms with Crippen molar-refractivity contribution in [3.63, 3.8) is 0 Å². The van der Waals surface area contributed by atoms with Crippen molar-refractivity contribution < 1.29 is 18.0 Å². The number of aryl methyl sites for hydroxylation is 1. The van der Waals surface area contributed by atoms with E-state index in [1.54, 1.807) is 18.3 Å². The van der Waals surface area contributed by atoms with Gasteiger partial charge in [0.05, 0.1) is 22.9 Å². The maximum absolute atomic E-state index is 12.9. The van der Waals surface area contributed by atoms with Crippen molar-refractivity contribution >= 4 is 33.9 Å². The summed E-state index contributed by atoms with van der Waals surface area (Å²) < 4.78 is 38.6. The molecule has 1 aliphatic carbocycles. The maximum Gasteiger partial charge on any atom is 0.432 e. The monoisotopic (exact) mass is 402 g/mol. The number of carbonyl (C=O) groups is 1. The zero-order valence-corrected chi connectivity index (χ0v) is 15.2. The fraction of sp³-hybridized carbons (Fsp3) is 0.263. The summed E-state index contributed by atoms with van der Waals surface area (Å²) >= 11 is 0. The highest BCUT2D eigenvalue weighted by molar-refractivity contribution is 6.09. The smallest absolute Gasteiger partial charge is 0.393 e. The van der Waals surface area contributed by atoms with Gasteiger partial charge in [0.15, 0.2) is 0 Å². The van der Waals surface area contributed by atoms with Gasteiger partial charge in [0.25, 0.3) is 5.91 Å². The molecule has 7 nitrogen and oxygen atoms in total. The van der Waals surface area contributed by atoms with Crippen LogP contribution < -0.4 is 11.1 Å². The molecule has 2 aromatic heterocycles. The van der Waals surface area contributed by atoms with Crippen molar-refractivity contribution in [2.75, 3.05) is 0 Å². The van der Waals surface area contributed by atoms with E-state index in [0.29, 0.717) is 23.7 Å². The Bertz CT molecular complexity index is 1180. The highest BCUT2D eigenvalue weighted by Crippen LogP contribution is 2.34. The first-order chi connectivity index (χ1) is 13.8. The minimum atomic E-state index is -4.86. The zero-order valence-electron chi connectivity index (χ0n) is 15.2. The van der Waals surface area contributed by atoms with E-state index in [0.717, 1.165) is 41.1 Å². The molecule has 4 rings (SSSR count). The van der Waals surface area contributed by atoms with Crippen LogP contribution in [0.25, 0.3) is 21.8 Å². The molecule has 1 aliphatic rings. The number of aromatic amines is 1. The lowest BCUT2D eigenvalue weighted by molar-refractivity contribution is -0.0933. The van der Waals surface area contributed by atoms with Crippen molar-refractivity contribution in [2.45, 2.75) is 31.9 Å². The molecule has 5 N–H and O–H groups in total. The summed E-state index contributed by atoms with van der Waals surface area (Å²) in [6, 6.07) is 3.54. The second kappa shape index (κ2) is 6.87.